The molecule has 0 spiro atoms. The molecule has 1 saturated heterocycles. The minimum absolute atomic E-state index is 0.672. The summed E-state index contributed by atoms with van der Waals surface area (Å²) >= 11 is 2.20. The van der Waals surface area contributed by atoms with Gasteiger partial charge in [-0.2, -0.15) is 11.8 Å². The molecule has 2 aliphatic rings. The van der Waals surface area contributed by atoms with Crippen molar-refractivity contribution in [3.05, 3.63) is 0 Å². The third-order valence-corrected chi connectivity index (χ3v) is 6.53. The summed E-state index contributed by atoms with van der Waals surface area (Å²) in [7, 11) is 0. The molecule has 0 bridgehead atoms. The van der Waals surface area contributed by atoms with E-state index in [1.807, 2.05) is 0 Å². The Kier molecular flexibility index (Phi) is 9.99. The van der Waals surface area contributed by atoms with E-state index in [1.54, 1.807) is 0 Å². The van der Waals surface area contributed by atoms with Crippen LogP contribution in [0.1, 0.15) is 96.8 Å². The van der Waals surface area contributed by atoms with E-state index in [4.69, 9.17) is 4.74 Å². The van der Waals surface area contributed by atoms with Gasteiger partial charge in [0.2, 0.25) is 0 Å². The number of thioether (sulfide) groups is 1. The molecule has 1 nitrogen and oxygen atoms in total. The average Bonchev–Trinajstić information content (AvgIpc) is 3.30. The number of hydrogen-bond acceptors (Lipinski definition) is 2. The van der Waals surface area contributed by atoms with Crippen molar-refractivity contribution in [1.29, 1.82) is 0 Å². The van der Waals surface area contributed by atoms with E-state index < -0.39 is 0 Å². The lowest BCUT2D eigenvalue weighted by Crippen LogP contribution is -2.14. The molecule has 0 aromatic heterocycles. The standard InChI is InChI=1S/C20H38OS/c1-2-3-4-5-6-7-8-9-10-11-15-22-16-14-18-12-13-19-20(17-18)21-19/h18-20H,2-17H2,1H3. The fourth-order valence-electron chi connectivity index (χ4n) is 3.79. The summed E-state index contributed by atoms with van der Waals surface area (Å²) in [6.45, 7) is 2.30. The maximum atomic E-state index is 5.62. The molecule has 1 saturated carbocycles. The molecule has 0 aromatic carbocycles. The highest BCUT2D eigenvalue weighted by molar-refractivity contribution is 7.99. The molecule has 3 unspecified atom stereocenters. The van der Waals surface area contributed by atoms with E-state index in [1.165, 1.54) is 101 Å². The van der Waals surface area contributed by atoms with Gasteiger partial charge in [0.25, 0.3) is 0 Å². The summed E-state index contributed by atoms with van der Waals surface area (Å²) in [6.07, 6.45) is 21.5. The van der Waals surface area contributed by atoms with E-state index in [0.717, 1.165) is 5.92 Å². The fraction of sp³-hybridized carbons (Fsp3) is 1.00. The average molecular weight is 327 g/mol. The Morgan fingerprint density at radius 2 is 1.45 bits per heavy atom. The van der Waals surface area contributed by atoms with Crippen LogP contribution in [0.15, 0.2) is 0 Å². The summed E-state index contributed by atoms with van der Waals surface area (Å²) < 4.78 is 5.62. The lowest BCUT2D eigenvalue weighted by molar-refractivity contribution is 0.358. The lowest BCUT2D eigenvalue weighted by atomic mass is 9.88. The highest BCUT2D eigenvalue weighted by atomic mass is 32.2. The normalized spacial score (nSPS) is 26.9. The second-order valence-corrected chi connectivity index (χ2v) is 8.70. The molecule has 0 amide bonds. The summed E-state index contributed by atoms with van der Waals surface area (Å²) in [5.74, 6) is 3.76. The van der Waals surface area contributed by atoms with Crippen LogP contribution in [0.5, 0.6) is 0 Å². The number of rotatable bonds is 14. The molecule has 1 aliphatic heterocycles. The van der Waals surface area contributed by atoms with Gasteiger partial charge in [-0.3, -0.25) is 0 Å². The molecule has 2 fully saturated rings. The third-order valence-electron chi connectivity index (χ3n) is 5.43. The van der Waals surface area contributed by atoms with Crippen molar-refractivity contribution in [3.8, 4) is 0 Å². The summed E-state index contributed by atoms with van der Waals surface area (Å²) in [4.78, 5) is 0. The Morgan fingerprint density at radius 1 is 0.773 bits per heavy atom. The molecule has 22 heavy (non-hydrogen) atoms. The molecule has 3 atom stereocenters. The van der Waals surface area contributed by atoms with Crippen LogP contribution in [-0.4, -0.2) is 23.7 Å². The van der Waals surface area contributed by atoms with Gasteiger partial charge in [-0.25, -0.2) is 0 Å². The first-order chi connectivity index (χ1) is 10.9. The minimum Gasteiger partial charge on any atom is -0.370 e. The van der Waals surface area contributed by atoms with Gasteiger partial charge in [0, 0.05) is 0 Å². The number of unbranched alkanes of at least 4 members (excludes halogenated alkanes) is 9. The van der Waals surface area contributed by atoms with Gasteiger partial charge in [0.15, 0.2) is 0 Å². The van der Waals surface area contributed by atoms with Crippen molar-refractivity contribution in [2.45, 2.75) is 109 Å². The third kappa shape index (κ3) is 8.24. The first-order valence-corrected chi connectivity index (χ1v) is 11.3. The van der Waals surface area contributed by atoms with Gasteiger partial charge in [0.05, 0.1) is 12.2 Å². The topological polar surface area (TPSA) is 12.5 Å². The van der Waals surface area contributed by atoms with E-state index in [0.29, 0.717) is 12.2 Å². The second-order valence-electron chi connectivity index (χ2n) is 7.48. The van der Waals surface area contributed by atoms with Crippen LogP contribution in [0.2, 0.25) is 0 Å². The van der Waals surface area contributed by atoms with E-state index in [2.05, 4.69) is 18.7 Å². The summed E-state index contributed by atoms with van der Waals surface area (Å²) in [5.41, 5.74) is 0. The zero-order chi connectivity index (χ0) is 15.5. The molecule has 130 valence electrons. The number of fused-ring (bicyclic) bond motifs is 1. The Hall–Kier alpha value is 0.310. The predicted molar refractivity (Wildman–Crippen MR) is 99.8 cm³/mol. The SMILES string of the molecule is CCCCCCCCCCCCSCCC1CCC2OC2C1. The summed E-state index contributed by atoms with van der Waals surface area (Å²) in [6, 6.07) is 0. The van der Waals surface area contributed by atoms with Gasteiger partial charge in [-0.1, -0.05) is 64.7 Å². The van der Waals surface area contributed by atoms with Crippen molar-refractivity contribution in [2.24, 2.45) is 5.92 Å². The fourth-order valence-corrected chi connectivity index (χ4v) is 4.90. The van der Waals surface area contributed by atoms with E-state index in [-0.39, 0.29) is 0 Å². The molecular formula is C20H38OS. The minimum atomic E-state index is 0.672. The largest absolute Gasteiger partial charge is 0.370 e. The number of hydrogen-bond donors (Lipinski definition) is 0. The highest BCUT2D eigenvalue weighted by Crippen LogP contribution is 2.40. The molecule has 1 heterocycles. The van der Waals surface area contributed by atoms with Crippen LogP contribution >= 0.6 is 11.8 Å². The molecule has 2 rings (SSSR count). The van der Waals surface area contributed by atoms with Crippen molar-refractivity contribution >= 4 is 11.8 Å². The van der Waals surface area contributed by atoms with E-state index in [9.17, 15) is 0 Å². The van der Waals surface area contributed by atoms with Crippen LogP contribution in [0, 0.1) is 5.92 Å². The summed E-state index contributed by atoms with van der Waals surface area (Å²) in [5, 5.41) is 0. The Bertz CT molecular complexity index is 268. The van der Waals surface area contributed by atoms with Crippen LogP contribution in [0.25, 0.3) is 0 Å². The van der Waals surface area contributed by atoms with Crippen molar-refractivity contribution in [2.75, 3.05) is 11.5 Å². The Labute approximate surface area is 143 Å². The molecule has 0 N–H and O–H groups in total. The first kappa shape index (κ1) is 18.6. The number of ether oxygens (including phenoxy) is 1. The van der Waals surface area contributed by atoms with Crippen LogP contribution in [0.4, 0.5) is 0 Å². The monoisotopic (exact) mass is 326 g/mol. The molecule has 1 aliphatic carbocycles. The zero-order valence-electron chi connectivity index (χ0n) is 14.9. The van der Waals surface area contributed by atoms with Crippen LogP contribution < -0.4 is 0 Å². The molecule has 0 radical (unpaired) electrons. The molecule has 2 heteroatoms. The van der Waals surface area contributed by atoms with Gasteiger partial charge >= 0.3 is 0 Å². The van der Waals surface area contributed by atoms with E-state index >= 15 is 0 Å². The predicted octanol–water partition coefficient (Wildman–Crippen LogP) is 6.60. The highest BCUT2D eigenvalue weighted by Gasteiger charge is 2.43. The Balaban J connectivity index is 1.25. The van der Waals surface area contributed by atoms with Crippen molar-refractivity contribution in [1.82, 2.24) is 0 Å². The maximum Gasteiger partial charge on any atom is 0.0844 e. The van der Waals surface area contributed by atoms with Crippen molar-refractivity contribution < 1.29 is 4.74 Å². The van der Waals surface area contributed by atoms with Crippen LogP contribution in [0.3, 0.4) is 0 Å². The Morgan fingerprint density at radius 3 is 2.14 bits per heavy atom. The second kappa shape index (κ2) is 11.8. The van der Waals surface area contributed by atoms with Crippen molar-refractivity contribution in [3.63, 3.8) is 0 Å². The smallest absolute Gasteiger partial charge is 0.0844 e. The lowest BCUT2D eigenvalue weighted by Gasteiger charge is -2.18. The van der Waals surface area contributed by atoms with Gasteiger partial charge in [0.1, 0.15) is 0 Å². The molecule has 0 aromatic rings. The van der Waals surface area contributed by atoms with Crippen LogP contribution in [-0.2, 0) is 4.74 Å². The van der Waals surface area contributed by atoms with Gasteiger partial charge in [-0.15, -0.1) is 0 Å². The van der Waals surface area contributed by atoms with Gasteiger partial charge < -0.3 is 4.74 Å². The zero-order valence-corrected chi connectivity index (χ0v) is 15.7. The number of epoxide rings is 1. The van der Waals surface area contributed by atoms with Gasteiger partial charge in [-0.05, 0) is 49.5 Å². The maximum absolute atomic E-state index is 5.62. The first-order valence-electron chi connectivity index (χ1n) is 10.1. The quantitative estimate of drug-likeness (QED) is 0.263. The molecular weight excluding hydrogens is 288 g/mol.